The molecule has 3 aromatic rings. The molecule has 1 heterocycles. The molecule has 3 rings (SSSR count). The van der Waals surface area contributed by atoms with Gasteiger partial charge in [-0.1, -0.05) is 30.0 Å². The minimum absolute atomic E-state index is 0.000964. The molecule has 144 valence electrons. The smallest absolute Gasteiger partial charge is 0.238 e. The molecule has 0 saturated carbocycles. The summed E-state index contributed by atoms with van der Waals surface area (Å²) in [6, 6.07) is 12.9. The normalized spacial score (nSPS) is 12.5. The zero-order chi connectivity index (χ0) is 19.7. The number of fused-ring (bicyclic) bond motifs is 1. The molecule has 7 nitrogen and oxygen atoms in total. The molecule has 0 aliphatic carbocycles. The number of aromatic nitrogens is 2. The Balaban J connectivity index is 1.82. The van der Waals surface area contributed by atoms with Gasteiger partial charge in [0.05, 0.1) is 26.6 Å². The standard InChI is InChI=1S/C17H19N3O4S3/c1-2-20-16-9-8-14(27(18,23)24)12-15(16)19-17(20)25-10-11-26(21,22)13-6-4-3-5-7-13/h3-9,12H,2,10-11H2,1H3,(H2,18,23,24). The molecule has 0 unspecified atom stereocenters. The lowest BCUT2D eigenvalue weighted by molar-refractivity contribution is 0.596. The maximum Gasteiger partial charge on any atom is 0.238 e. The topological polar surface area (TPSA) is 112 Å². The van der Waals surface area contributed by atoms with Crippen LogP contribution < -0.4 is 5.14 Å². The first-order chi connectivity index (χ1) is 12.7. The molecule has 0 radical (unpaired) electrons. The average Bonchev–Trinajstić information content (AvgIpc) is 2.98. The first-order valence-corrected chi connectivity index (χ1v) is 12.3. The van der Waals surface area contributed by atoms with E-state index >= 15 is 0 Å². The van der Waals surface area contributed by atoms with Gasteiger partial charge in [0, 0.05) is 12.3 Å². The van der Waals surface area contributed by atoms with Crippen LogP contribution in [0.4, 0.5) is 0 Å². The van der Waals surface area contributed by atoms with Crippen molar-refractivity contribution >= 4 is 42.7 Å². The van der Waals surface area contributed by atoms with Crippen LogP contribution in [0, 0.1) is 0 Å². The molecule has 27 heavy (non-hydrogen) atoms. The Morgan fingerprint density at radius 1 is 1.04 bits per heavy atom. The summed E-state index contributed by atoms with van der Waals surface area (Å²) >= 11 is 1.32. The molecule has 0 aliphatic heterocycles. The molecule has 0 atom stereocenters. The van der Waals surface area contributed by atoms with Crippen LogP contribution in [-0.4, -0.2) is 37.9 Å². The maximum atomic E-state index is 12.4. The number of aryl methyl sites for hydroxylation is 1. The summed E-state index contributed by atoms with van der Waals surface area (Å²) < 4.78 is 49.7. The summed E-state index contributed by atoms with van der Waals surface area (Å²) in [7, 11) is -7.17. The van der Waals surface area contributed by atoms with Crippen LogP contribution in [0.3, 0.4) is 0 Å². The highest BCUT2D eigenvalue weighted by atomic mass is 32.2. The van der Waals surface area contributed by atoms with E-state index in [0.29, 0.717) is 27.9 Å². The molecule has 2 N–H and O–H groups in total. The van der Waals surface area contributed by atoms with E-state index in [0.717, 1.165) is 5.52 Å². The van der Waals surface area contributed by atoms with E-state index in [1.54, 1.807) is 36.4 Å². The minimum Gasteiger partial charge on any atom is -0.319 e. The lowest BCUT2D eigenvalue weighted by atomic mass is 10.3. The van der Waals surface area contributed by atoms with Crippen LogP contribution in [-0.2, 0) is 26.4 Å². The second-order valence-electron chi connectivity index (χ2n) is 5.81. The highest BCUT2D eigenvalue weighted by molar-refractivity contribution is 8.00. The van der Waals surface area contributed by atoms with E-state index in [2.05, 4.69) is 4.98 Å². The van der Waals surface area contributed by atoms with Gasteiger partial charge in [-0.25, -0.2) is 27.0 Å². The van der Waals surface area contributed by atoms with Crippen LogP contribution in [0.15, 0.2) is 63.5 Å². The van der Waals surface area contributed by atoms with E-state index < -0.39 is 19.9 Å². The Hall–Kier alpha value is -1.88. The highest BCUT2D eigenvalue weighted by Crippen LogP contribution is 2.26. The summed E-state index contributed by atoms with van der Waals surface area (Å²) in [4.78, 5) is 4.76. The van der Waals surface area contributed by atoms with Gasteiger partial charge in [0.15, 0.2) is 15.0 Å². The molecular weight excluding hydrogens is 406 g/mol. The van der Waals surface area contributed by atoms with Crippen molar-refractivity contribution < 1.29 is 16.8 Å². The number of hydrogen-bond acceptors (Lipinski definition) is 6. The SMILES string of the molecule is CCn1c(SCCS(=O)(=O)c2ccccc2)nc2cc(S(N)(=O)=O)ccc21. The van der Waals surface area contributed by atoms with Gasteiger partial charge in [-0.05, 0) is 37.3 Å². The second-order valence-corrected chi connectivity index (χ2v) is 10.5. The van der Waals surface area contributed by atoms with Gasteiger partial charge >= 0.3 is 0 Å². The monoisotopic (exact) mass is 425 g/mol. The van der Waals surface area contributed by atoms with Crippen molar-refractivity contribution in [2.45, 2.75) is 28.4 Å². The van der Waals surface area contributed by atoms with Gasteiger partial charge < -0.3 is 4.57 Å². The molecule has 10 heteroatoms. The molecular formula is C17H19N3O4S3. The van der Waals surface area contributed by atoms with Crippen molar-refractivity contribution in [3.05, 3.63) is 48.5 Å². The zero-order valence-corrected chi connectivity index (χ0v) is 17.0. The Labute approximate surface area is 162 Å². The number of nitrogens with two attached hydrogens (primary N) is 1. The third-order valence-electron chi connectivity index (χ3n) is 4.01. The van der Waals surface area contributed by atoms with E-state index in [1.807, 2.05) is 11.5 Å². The van der Waals surface area contributed by atoms with E-state index in [9.17, 15) is 16.8 Å². The first kappa shape index (κ1) is 19.9. The number of nitrogens with zero attached hydrogens (tertiary/aromatic N) is 2. The number of rotatable bonds is 7. The van der Waals surface area contributed by atoms with Crippen LogP contribution in [0.5, 0.6) is 0 Å². The molecule has 0 aliphatic rings. The average molecular weight is 426 g/mol. The molecule has 2 aromatic carbocycles. The van der Waals surface area contributed by atoms with Gasteiger partial charge in [0.25, 0.3) is 0 Å². The van der Waals surface area contributed by atoms with E-state index in [4.69, 9.17) is 5.14 Å². The maximum absolute atomic E-state index is 12.4. The summed E-state index contributed by atoms with van der Waals surface area (Å²) in [5.41, 5.74) is 1.29. The number of sulfone groups is 1. The van der Waals surface area contributed by atoms with Gasteiger partial charge in [-0.15, -0.1) is 0 Å². The largest absolute Gasteiger partial charge is 0.319 e. The number of benzene rings is 2. The predicted octanol–water partition coefficient (Wildman–Crippen LogP) is 2.27. The number of hydrogen-bond donors (Lipinski definition) is 1. The van der Waals surface area contributed by atoms with Crippen molar-refractivity contribution in [1.29, 1.82) is 0 Å². The van der Waals surface area contributed by atoms with E-state index in [1.165, 1.54) is 23.9 Å². The van der Waals surface area contributed by atoms with Crippen LogP contribution in [0.25, 0.3) is 11.0 Å². The fourth-order valence-electron chi connectivity index (χ4n) is 2.67. The Kier molecular flexibility index (Phi) is 5.61. The summed E-state index contributed by atoms with van der Waals surface area (Å²) in [6.45, 7) is 2.57. The predicted molar refractivity (Wildman–Crippen MR) is 106 cm³/mol. The van der Waals surface area contributed by atoms with Crippen molar-refractivity contribution in [3.8, 4) is 0 Å². The third kappa shape index (κ3) is 4.34. The van der Waals surface area contributed by atoms with Crippen molar-refractivity contribution in [1.82, 2.24) is 9.55 Å². The van der Waals surface area contributed by atoms with Gasteiger partial charge in [0.2, 0.25) is 10.0 Å². The van der Waals surface area contributed by atoms with Gasteiger partial charge in [-0.3, -0.25) is 0 Å². The fraction of sp³-hybridized carbons (Fsp3) is 0.235. The fourth-order valence-corrected chi connectivity index (χ4v) is 5.95. The second kappa shape index (κ2) is 7.63. The molecule has 0 bridgehead atoms. The van der Waals surface area contributed by atoms with Crippen LogP contribution >= 0.6 is 11.8 Å². The molecule has 0 spiro atoms. The Bertz CT molecular complexity index is 1170. The van der Waals surface area contributed by atoms with Crippen LogP contribution in [0.2, 0.25) is 0 Å². The minimum atomic E-state index is -3.81. The van der Waals surface area contributed by atoms with Crippen molar-refractivity contribution in [2.75, 3.05) is 11.5 Å². The van der Waals surface area contributed by atoms with Gasteiger partial charge in [0.1, 0.15) is 0 Å². The number of sulfonamides is 1. The highest BCUT2D eigenvalue weighted by Gasteiger charge is 2.17. The first-order valence-electron chi connectivity index (χ1n) is 8.16. The summed E-state index contributed by atoms with van der Waals surface area (Å²) in [5, 5.41) is 5.82. The molecule has 0 saturated heterocycles. The summed E-state index contributed by atoms with van der Waals surface area (Å²) in [6.07, 6.45) is 0. The number of imidazole rings is 1. The van der Waals surface area contributed by atoms with Crippen molar-refractivity contribution in [2.24, 2.45) is 5.14 Å². The Morgan fingerprint density at radius 3 is 2.37 bits per heavy atom. The lowest BCUT2D eigenvalue weighted by Crippen LogP contribution is -2.11. The quantitative estimate of drug-likeness (QED) is 0.581. The van der Waals surface area contributed by atoms with Crippen LogP contribution in [0.1, 0.15) is 6.92 Å². The number of primary sulfonamides is 1. The van der Waals surface area contributed by atoms with E-state index in [-0.39, 0.29) is 10.6 Å². The van der Waals surface area contributed by atoms with Gasteiger partial charge in [-0.2, -0.15) is 0 Å². The Morgan fingerprint density at radius 2 is 1.74 bits per heavy atom. The molecule has 0 fully saturated rings. The molecule has 1 aromatic heterocycles. The summed E-state index contributed by atoms with van der Waals surface area (Å²) in [5.74, 6) is 0.319. The number of thioether (sulfide) groups is 1. The zero-order valence-electron chi connectivity index (χ0n) is 14.6. The lowest BCUT2D eigenvalue weighted by Gasteiger charge is -2.06. The molecule has 0 amide bonds. The van der Waals surface area contributed by atoms with Crippen molar-refractivity contribution in [3.63, 3.8) is 0 Å². The third-order valence-corrected chi connectivity index (χ3v) is 7.89.